The Morgan fingerprint density at radius 3 is 2.68 bits per heavy atom. The van der Waals surface area contributed by atoms with Gasteiger partial charge in [-0.1, -0.05) is 30.2 Å². The van der Waals surface area contributed by atoms with E-state index >= 15 is 0 Å². The van der Waals surface area contributed by atoms with Gasteiger partial charge in [0.25, 0.3) is 0 Å². The van der Waals surface area contributed by atoms with Crippen LogP contribution in [0, 0.1) is 12.3 Å². The van der Waals surface area contributed by atoms with E-state index in [-0.39, 0.29) is 34.6 Å². The number of hydrogen-bond acceptors (Lipinski definition) is 6. The highest BCUT2D eigenvalue weighted by Gasteiger charge is 2.34. The molecule has 8 heteroatoms. The van der Waals surface area contributed by atoms with Gasteiger partial charge in [-0.05, 0) is 29.8 Å². The van der Waals surface area contributed by atoms with Gasteiger partial charge in [0.1, 0.15) is 11.5 Å². The lowest BCUT2D eigenvalue weighted by atomic mass is 9.90. The highest BCUT2D eigenvalue weighted by atomic mass is 32.2. The number of thiophene rings is 1. The van der Waals surface area contributed by atoms with Crippen LogP contribution in [0.5, 0.6) is 11.5 Å². The molecule has 0 fully saturated rings. The lowest BCUT2D eigenvalue weighted by molar-refractivity contribution is -0.116. The molecule has 158 valence electrons. The molecule has 3 aromatic rings. The first kappa shape index (κ1) is 21.0. The number of benzene rings is 2. The van der Waals surface area contributed by atoms with Crippen molar-refractivity contribution < 1.29 is 22.7 Å². The third-order valence-corrected chi connectivity index (χ3v) is 8.04. The maximum atomic E-state index is 13.2. The molecule has 0 bridgehead atoms. The van der Waals surface area contributed by atoms with Gasteiger partial charge in [0.05, 0.1) is 17.7 Å². The Bertz CT molecular complexity index is 1270. The molecule has 4 rings (SSSR count). The van der Waals surface area contributed by atoms with Crippen molar-refractivity contribution in [2.45, 2.75) is 22.1 Å². The van der Waals surface area contributed by atoms with Crippen LogP contribution in [0.1, 0.15) is 22.8 Å². The number of fused-ring (bicyclic) bond motifs is 1. The summed E-state index contributed by atoms with van der Waals surface area (Å²) in [5.41, 5.74) is 1.17. The molecule has 1 atom stereocenters. The van der Waals surface area contributed by atoms with E-state index in [1.54, 1.807) is 47.8 Å². The molecule has 0 spiro atoms. The Balaban J connectivity index is 1.77. The van der Waals surface area contributed by atoms with Crippen LogP contribution < -0.4 is 14.8 Å². The maximum Gasteiger partial charge on any atom is 0.225 e. The first-order valence-electron chi connectivity index (χ1n) is 9.41. The van der Waals surface area contributed by atoms with Gasteiger partial charge in [0.15, 0.2) is 11.5 Å². The summed E-state index contributed by atoms with van der Waals surface area (Å²) in [7, 11) is -2.24. The predicted octanol–water partition coefficient (Wildman–Crippen LogP) is 4.08. The minimum Gasteiger partial charge on any atom is -0.493 e. The first-order chi connectivity index (χ1) is 15.0. The van der Waals surface area contributed by atoms with Gasteiger partial charge in [-0.2, -0.15) is 0 Å². The van der Waals surface area contributed by atoms with E-state index in [1.807, 2.05) is 6.07 Å². The Morgan fingerprint density at radius 2 is 1.97 bits per heavy atom. The molecule has 1 N–H and O–H groups in total. The zero-order valence-corrected chi connectivity index (χ0v) is 18.3. The van der Waals surface area contributed by atoms with Crippen molar-refractivity contribution in [3.8, 4) is 23.8 Å². The molecule has 1 aliphatic rings. The zero-order chi connectivity index (χ0) is 22.0. The molecule has 0 aliphatic carbocycles. The van der Waals surface area contributed by atoms with Gasteiger partial charge >= 0.3 is 0 Å². The number of rotatable bonds is 6. The molecular weight excluding hydrogens is 434 g/mol. The van der Waals surface area contributed by atoms with E-state index in [2.05, 4.69) is 11.2 Å². The number of anilines is 1. The number of ether oxygens (including phenoxy) is 2. The normalized spacial score (nSPS) is 15.5. The second-order valence-corrected chi connectivity index (χ2v) is 9.69. The minimum absolute atomic E-state index is 0.108. The smallest absolute Gasteiger partial charge is 0.225 e. The summed E-state index contributed by atoms with van der Waals surface area (Å²) >= 11 is 1.32. The van der Waals surface area contributed by atoms with Crippen LogP contribution in [0.4, 0.5) is 5.69 Å². The monoisotopic (exact) mass is 453 g/mol. The number of methoxy groups -OCH3 is 1. The summed E-state index contributed by atoms with van der Waals surface area (Å²) in [6.45, 7) is 0.108. The largest absolute Gasteiger partial charge is 0.493 e. The molecule has 1 aliphatic heterocycles. The predicted molar refractivity (Wildman–Crippen MR) is 119 cm³/mol. The average Bonchev–Trinajstić information content (AvgIpc) is 3.22. The summed E-state index contributed by atoms with van der Waals surface area (Å²) < 4.78 is 37.2. The van der Waals surface area contributed by atoms with Crippen molar-refractivity contribution in [1.82, 2.24) is 0 Å². The number of terminal acetylenes is 1. The van der Waals surface area contributed by atoms with Crippen LogP contribution in [-0.2, 0) is 14.6 Å². The summed E-state index contributed by atoms with van der Waals surface area (Å²) in [4.78, 5) is 13.6. The Kier molecular flexibility index (Phi) is 5.72. The highest BCUT2D eigenvalue weighted by Crippen LogP contribution is 2.46. The second kappa shape index (κ2) is 8.46. The molecule has 1 unspecified atom stereocenters. The summed E-state index contributed by atoms with van der Waals surface area (Å²) in [5, 5.41) is 4.36. The molecule has 0 saturated carbocycles. The fourth-order valence-electron chi connectivity index (χ4n) is 3.54. The van der Waals surface area contributed by atoms with Gasteiger partial charge in [-0.3, -0.25) is 4.79 Å². The minimum atomic E-state index is -3.76. The molecule has 31 heavy (non-hydrogen) atoms. The van der Waals surface area contributed by atoms with Gasteiger partial charge in [0, 0.05) is 22.6 Å². The molecule has 6 nitrogen and oxygen atoms in total. The van der Waals surface area contributed by atoms with E-state index in [1.165, 1.54) is 18.4 Å². The van der Waals surface area contributed by atoms with Crippen molar-refractivity contribution in [1.29, 1.82) is 0 Å². The fraction of sp³-hybridized carbons (Fsp3) is 0.174. The standard InChI is InChI=1S/C23H19NO5S2/c1-3-11-29-18-10-9-15(12-19(18)28-2)17-13-21(25)24-22-20(14-30-23(17)22)31(26,27)16-7-5-4-6-8-16/h1,4-10,12,14,17H,11,13H2,2H3,(H,24,25). The van der Waals surface area contributed by atoms with Crippen molar-refractivity contribution in [3.05, 3.63) is 64.4 Å². The van der Waals surface area contributed by atoms with Gasteiger partial charge in [0.2, 0.25) is 15.7 Å². The quantitative estimate of drug-likeness (QED) is 0.569. The fourth-order valence-corrected chi connectivity index (χ4v) is 6.47. The van der Waals surface area contributed by atoms with Gasteiger partial charge < -0.3 is 14.8 Å². The van der Waals surface area contributed by atoms with Crippen molar-refractivity contribution in [2.24, 2.45) is 0 Å². The van der Waals surface area contributed by atoms with Crippen LogP contribution in [0.15, 0.2) is 63.7 Å². The van der Waals surface area contributed by atoms with E-state index in [4.69, 9.17) is 15.9 Å². The van der Waals surface area contributed by atoms with Crippen molar-refractivity contribution >= 4 is 32.8 Å². The number of carbonyl (C=O) groups excluding carboxylic acids is 1. The molecule has 0 radical (unpaired) electrons. The van der Waals surface area contributed by atoms with Crippen LogP contribution in [0.2, 0.25) is 0 Å². The summed E-state index contributed by atoms with van der Waals surface area (Å²) in [6.07, 6.45) is 5.45. The van der Waals surface area contributed by atoms with E-state index < -0.39 is 9.84 Å². The molecular formula is C23H19NO5S2. The third kappa shape index (κ3) is 3.90. The SMILES string of the molecule is C#CCOc1ccc(C2CC(=O)Nc3c(S(=O)(=O)c4ccccc4)csc32)cc1OC. The third-order valence-electron chi connectivity index (χ3n) is 5.00. The summed E-state index contributed by atoms with van der Waals surface area (Å²) in [6, 6.07) is 13.6. The molecule has 0 saturated heterocycles. The molecule has 2 heterocycles. The van der Waals surface area contributed by atoms with Crippen molar-refractivity contribution in [2.75, 3.05) is 19.0 Å². The van der Waals surface area contributed by atoms with Crippen LogP contribution in [0.25, 0.3) is 0 Å². The molecule has 1 amide bonds. The Morgan fingerprint density at radius 1 is 1.19 bits per heavy atom. The Hall–Kier alpha value is -3.28. The maximum absolute atomic E-state index is 13.2. The summed E-state index contributed by atoms with van der Waals surface area (Å²) in [5.74, 6) is 2.86. The highest BCUT2D eigenvalue weighted by molar-refractivity contribution is 7.91. The Labute approximate surface area is 184 Å². The topological polar surface area (TPSA) is 81.7 Å². The number of nitrogens with one attached hydrogen (secondary N) is 1. The number of hydrogen-bond donors (Lipinski definition) is 1. The zero-order valence-electron chi connectivity index (χ0n) is 16.6. The van der Waals surface area contributed by atoms with Crippen LogP contribution >= 0.6 is 11.3 Å². The molecule has 1 aromatic heterocycles. The van der Waals surface area contributed by atoms with Crippen LogP contribution in [-0.4, -0.2) is 28.0 Å². The first-order valence-corrected chi connectivity index (χ1v) is 11.8. The number of carbonyl (C=O) groups is 1. The van der Waals surface area contributed by atoms with E-state index in [0.29, 0.717) is 17.2 Å². The number of amides is 1. The average molecular weight is 454 g/mol. The van der Waals surface area contributed by atoms with E-state index in [9.17, 15) is 13.2 Å². The van der Waals surface area contributed by atoms with Crippen molar-refractivity contribution in [3.63, 3.8) is 0 Å². The van der Waals surface area contributed by atoms with Gasteiger partial charge in [-0.15, -0.1) is 17.8 Å². The van der Waals surface area contributed by atoms with Crippen LogP contribution in [0.3, 0.4) is 0 Å². The van der Waals surface area contributed by atoms with E-state index in [0.717, 1.165) is 10.4 Å². The number of sulfone groups is 1. The lowest BCUT2D eigenvalue weighted by Gasteiger charge is -2.24. The van der Waals surface area contributed by atoms with Gasteiger partial charge in [-0.25, -0.2) is 8.42 Å². The second-order valence-electron chi connectivity index (χ2n) is 6.86. The lowest BCUT2D eigenvalue weighted by Crippen LogP contribution is -2.23. The molecule has 2 aromatic carbocycles.